The maximum absolute atomic E-state index is 12.0. The SMILES string of the molecule is CCOc1cc2[nH]cc(C(N)=O)c(=O)c2cc1N. The number of carbonyl (C=O) groups excluding carboxylic acids is 1. The van der Waals surface area contributed by atoms with E-state index in [1.54, 1.807) is 6.07 Å². The minimum atomic E-state index is -0.773. The third kappa shape index (κ3) is 1.88. The number of primary amides is 1. The van der Waals surface area contributed by atoms with Crippen LogP contribution >= 0.6 is 0 Å². The van der Waals surface area contributed by atoms with E-state index < -0.39 is 11.3 Å². The lowest BCUT2D eigenvalue weighted by Gasteiger charge is -2.08. The van der Waals surface area contributed by atoms with E-state index in [1.807, 2.05) is 6.92 Å². The van der Waals surface area contributed by atoms with Crippen LogP contribution in [0.1, 0.15) is 17.3 Å². The van der Waals surface area contributed by atoms with E-state index in [-0.39, 0.29) is 5.56 Å². The monoisotopic (exact) mass is 247 g/mol. The summed E-state index contributed by atoms with van der Waals surface area (Å²) in [6.07, 6.45) is 1.29. The van der Waals surface area contributed by atoms with E-state index in [0.717, 1.165) is 0 Å². The lowest BCUT2D eigenvalue weighted by atomic mass is 10.1. The number of fused-ring (bicyclic) bond motifs is 1. The van der Waals surface area contributed by atoms with Gasteiger partial charge in [-0.1, -0.05) is 0 Å². The zero-order valence-corrected chi connectivity index (χ0v) is 9.82. The molecule has 0 saturated heterocycles. The summed E-state index contributed by atoms with van der Waals surface area (Å²) in [4.78, 5) is 25.9. The van der Waals surface area contributed by atoms with Crippen molar-refractivity contribution in [3.63, 3.8) is 0 Å². The molecule has 0 atom stereocenters. The maximum Gasteiger partial charge on any atom is 0.254 e. The van der Waals surface area contributed by atoms with Gasteiger partial charge in [0.2, 0.25) is 5.43 Å². The average Bonchev–Trinajstić information content (AvgIpc) is 2.31. The van der Waals surface area contributed by atoms with E-state index in [9.17, 15) is 9.59 Å². The fraction of sp³-hybridized carbons (Fsp3) is 0.167. The van der Waals surface area contributed by atoms with Crippen LogP contribution in [0.5, 0.6) is 5.75 Å². The summed E-state index contributed by atoms with van der Waals surface area (Å²) < 4.78 is 5.32. The van der Waals surface area contributed by atoms with Gasteiger partial charge >= 0.3 is 0 Å². The molecule has 6 heteroatoms. The van der Waals surface area contributed by atoms with Crippen LogP contribution in [0.15, 0.2) is 23.1 Å². The van der Waals surface area contributed by atoms with Gasteiger partial charge in [0.05, 0.1) is 17.8 Å². The number of carbonyl (C=O) groups is 1. The number of anilines is 1. The van der Waals surface area contributed by atoms with Crippen molar-refractivity contribution < 1.29 is 9.53 Å². The van der Waals surface area contributed by atoms with Gasteiger partial charge in [-0.25, -0.2) is 0 Å². The number of rotatable bonds is 3. The summed E-state index contributed by atoms with van der Waals surface area (Å²) in [5, 5.41) is 0.312. The first-order valence-electron chi connectivity index (χ1n) is 5.42. The molecule has 1 aromatic carbocycles. The van der Waals surface area contributed by atoms with Gasteiger partial charge in [0, 0.05) is 17.6 Å². The predicted octanol–water partition coefficient (Wildman–Crippen LogP) is 0.608. The second-order valence-corrected chi connectivity index (χ2v) is 3.76. The molecule has 5 N–H and O–H groups in total. The average molecular weight is 247 g/mol. The number of amides is 1. The zero-order chi connectivity index (χ0) is 13.3. The van der Waals surface area contributed by atoms with Crippen molar-refractivity contribution in [3.8, 4) is 5.75 Å². The number of hydrogen-bond donors (Lipinski definition) is 3. The molecule has 2 aromatic rings. The van der Waals surface area contributed by atoms with E-state index >= 15 is 0 Å². The number of H-pyrrole nitrogens is 1. The van der Waals surface area contributed by atoms with Gasteiger partial charge in [-0.05, 0) is 13.0 Å². The molecule has 18 heavy (non-hydrogen) atoms. The highest BCUT2D eigenvalue weighted by atomic mass is 16.5. The first-order valence-corrected chi connectivity index (χ1v) is 5.42. The molecule has 0 aliphatic carbocycles. The van der Waals surface area contributed by atoms with Crippen molar-refractivity contribution in [2.24, 2.45) is 5.73 Å². The van der Waals surface area contributed by atoms with E-state index in [0.29, 0.717) is 28.9 Å². The Morgan fingerprint density at radius 1 is 1.44 bits per heavy atom. The molecule has 0 radical (unpaired) electrons. The van der Waals surface area contributed by atoms with Gasteiger partial charge in [-0.3, -0.25) is 9.59 Å². The fourth-order valence-electron chi connectivity index (χ4n) is 1.73. The molecule has 2 rings (SSSR count). The van der Waals surface area contributed by atoms with Gasteiger partial charge in [-0.2, -0.15) is 0 Å². The Labute approximate surface area is 103 Å². The number of pyridine rings is 1. The highest BCUT2D eigenvalue weighted by Gasteiger charge is 2.12. The molecule has 0 bridgehead atoms. The molecular weight excluding hydrogens is 234 g/mol. The van der Waals surface area contributed by atoms with E-state index in [4.69, 9.17) is 16.2 Å². The van der Waals surface area contributed by atoms with Crippen molar-refractivity contribution in [2.75, 3.05) is 12.3 Å². The Kier molecular flexibility index (Phi) is 2.93. The van der Waals surface area contributed by atoms with Crippen LogP contribution in [0, 0.1) is 0 Å². The van der Waals surface area contributed by atoms with Gasteiger partial charge in [-0.15, -0.1) is 0 Å². The highest BCUT2D eigenvalue weighted by molar-refractivity contribution is 5.96. The molecule has 0 saturated carbocycles. The fourth-order valence-corrected chi connectivity index (χ4v) is 1.73. The summed E-state index contributed by atoms with van der Waals surface area (Å²) in [5.41, 5.74) is 11.2. The first-order chi connectivity index (χ1) is 8.54. The van der Waals surface area contributed by atoms with Gasteiger partial charge in [0.15, 0.2) is 0 Å². The van der Waals surface area contributed by atoms with Crippen LogP contribution < -0.4 is 21.6 Å². The third-order valence-corrected chi connectivity index (χ3v) is 2.58. The molecular formula is C12H13N3O3. The lowest BCUT2D eigenvalue weighted by molar-refractivity contribution is 0.0999. The predicted molar refractivity (Wildman–Crippen MR) is 68.7 cm³/mol. The number of nitrogens with one attached hydrogen (secondary N) is 1. The molecule has 94 valence electrons. The topological polar surface area (TPSA) is 111 Å². The molecule has 1 heterocycles. The molecule has 6 nitrogen and oxygen atoms in total. The third-order valence-electron chi connectivity index (χ3n) is 2.58. The number of nitrogen functional groups attached to an aromatic ring is 1. The Morgan fingerprint density at radius 2 is 2.17 bits per heavy atom. The van der Waals surface area contributed by atoms with Crippen LogP contribution in [-0.2, 0) is 0 Å². The lowest BCUT2D eigenvalue weighted by Crippen LogP contribution is -2.22. The number of aromatic amines is 1. The van der Waals surface area contributed by atoms with E-state index in [2.05, 4.69) is 4.98 Å². The number of benzene rings is 1. The Balaban J connectivity index is 2.73. The summed E-state index contributed by atoms with van der Waals surface area (Å²) in [6.45, 7) is 2.31. The van der Waals surface area contributed by atoms with Gasteiger partial charge in [0.1, 0.15) is 11.3 Å². The van der Waals surface area contributed by atoms with Crippen molar-refractivity contribution in [2.45, 2.75) is 6.92 Å². The Bertz CT molecular complexity index is 676. The normalized spacial score (nSPS) is 10.5. The van der Waals surface area contributed by atoms with Crippen LogP contribution in [-0.4, -0.2) is 17.5 Å². The standard InChI is InChI=1S/C12H13N3O3/c1-2-18-10-4-9-6(3-8(10)13)11(16)7(5-15-9)12(14)17/h3-5H,2,13H2,1H3,(H2,14,17)(H,15,16). The molecule has 1 amide bonds. The highest BCUT2D eigenvalue weighted by Crippen LogP contribution is 2.25. The number of nitrogens with two attached hydrogens (primary N) is 2. The summed E-state index contributed by atoms with van der Waals surface area (Å²) >= 11 is 0. The molecule has 0 aliphatic heterocycles. The summed E-state index contributed by atoms with van der Waals surface area (Å²) in [6, 6.07) is 3.10. The molecule has 0 fully saturated rings. The van der Waals surface area contributed by atoms with Gasteiger partial charge in [0.25, 0.3) is 5.91 Å². The van der Waals surface area contributed by atoms with Gasteiger partial charge < -0.3 is 21.2 Å². The van der Waals surface area contributed by atoms with Crippen LogP contribution in [0.25, 0.3) is 10.9 Å². The van der Waals surface area contributed by atoms with Crippen LogP contribution in [0.3, 0.4) is 0 Å². The molecule has 0 aliphatic rings. The maximum atomic E-state index is 12.0. The van der Waals surface area contributed by atoms with E-state index in [1.165, 1.54) is 12.3 Å². The van der Waals surface area contributed by atoms with Crippen LogP contribution in [0.2, 0.25) is 0 Å². The van der Waals surface area contributed by atoms with Crippen molar-refractivity contribution >= 4 is 22.5 Å². The number of aromatic nitrogens is 1. The smallest absolute Gasteiger partial charge is 0.254 e. The minimum Gasteiger partial charge on any atom is -0.492 e. The Morgan fingerprint density at radius 3 is 2.78 bits per heavy atom. The molecule has 1 aromatic heterocycles. The largest absolute Gasteiger partial charge is 0.492 e. The van der Waals surface area contributed by atoms with Crippen molar-refractivity contribution in [3.05, 3.63) is 34.1 Å². The number of ether oxygens (including phenoxy) is 1. The first kappa shape index (κ1) is 12.0. The molecule has 0 spiro atoms. The molecule has 0 unspecified atom stereocenters. The van der Waals surface area contributed by atoms with Crippen molar-refractivity contribution in [1.29, 1.82) is 0 Å². The second kappa shape index (κ2) is 4.40. The van der Waals surface area contributed by atoms with Crippen LogP contribution in [0.4, 0.5) is 5.69 Å². The second-order valence-electron chi connectivity index (χ2n) is 3.76. The Hall–Kier alpha value is -2.50. The quantitative estimate of drug-likeness (QED) is 0.690. The zero-order valence-electron chi connectivity index (χ0n) is 9.82. The minimum absolute atomic E-state index is 0.0916. The van der Waals surface area contributed by atoms with Crippen molar-refractivity contribution in [1.82, 2.24) is 4.98 Å². The summed E-state index contributed by atoms with van der Waals surface area (Å²) in [5.74, 6) is -0.280. The number of hydrogen-bond acceptors (Lipinski definition) is 4. The summed E-state index contributed by atoms with van der Waals surface area (Å²) in [7, 11) is 0.